The molecule has 0 bridgehead atoms. The number of methoxy groups -OCH3 is 1. The molecule has 30 heavy (non-hydrogen) atoms. The summed E-state index contributed by atoms with van der Waals surface area (Å²) in [4.78, 5) is 52.9. The molecule has 0 unspecified atom stereocenters. The largest absolute Gasteiger partial charge is 0.496 e. The number of halogens is 1. The average molecular weight is 435 g/mol. The third-order valence-corrected chi connectivity index (χ3v) is 5.20. The van der Waals surface area contributed by atoms with Gasteiger partial charge < -0.3 is 25.3 Å². The minimum atomic E-state index is -0.452. The summed E-state index contributed by atoms with van der Waals surface area (Å²) >= 11 is 5.64. The fraction of sp³-hybridized carbons (Fsp3) is 0.400. The second-order valence-electron chi connectivity index (χ2n) is 7.01. The Hall–Kier alpha value is -3.07. The zero-order valence-corrected chi connectivity index (χ0v) is 17.3. The SMILES string of the molecule is COc1cccc2[nH]c(C(=O)NCC(=O)CN(C[C@@H]3CCNC3=O)C(=O)CCl)cc12. The number of ketones is 1. The maximum atomic E-state index is 12.4. The Balaban J connectivity index is 1.58. The number of hydrogen-bond acceptors (Lipinski definition) is 5. The molecule has 3 N–H and O–H groups in total. The molecule has 2 heterocycles. The van der Waals surface area contributed by atoms with E-state index < -0.39 is 11.8 Å². The number of fused-ring (bicyclic) bond motifs is 1. The van der Waals surface area contributed by atoms with Crippen molar-refractivity contribution in [3.05, 3.63) is 30.0 Å². The monoisotopic (exact) mass is 434 g/mol. The summed E-state index contributed by atoms with van der Waals surface area (Å²) in [7, 11) is 1.54. The van der Waals surface area contributed by atoms with Crippen LogP contribution in [0.5, 0.6) is 5.75 Å². The molecule has 9 nitrogen and oxygen atoms in total. The average Bonchev–Trinajstić information content (AvgIpc) is 3.36. The number of benzene rings is 1. The van der Waals surface area contributed by atoms with Crippen molar-refractivity contribution in [2.24, 2.45) is 5.92 Å². The maximum absolute atomic E-state index is 12.4. The highest BCUT2D eigenvalue weighted by atomic mass is 35.5. The summed E-state index contributed by atoms with van der Waals surface area (Å²) in [6.07, 6.45) is 0.597. The molecular weight excluding hydrogens is 412 g/mol. The van der Waals surface area contributed by atoms with Crippen molar-refractivity contribution in [2.75, 3.05) is 39.2 Å². The zero-order valence-electron chi connectivity index (χ0n) is 16.5. The van der Waals surface area contributed by atoms with Crippen molar-refractivity contribution >= 4 is 46.0 Å². The standard InChI is InChI=1S/C20H23ClN4O5/c1-30-17-4-2-3-15-14(17)7-16(24-15)20(29)23-9-13(26)11-25(18(27)8-21)10-12-5-6-22-19(12)28/h2-4,7,12,24H,5-6,8-11H2,1H3,(H,22,28)(H,23,29)/t12-/m0/s1. The van der Waals surface area contributed by atoms with Crippen LogP contribution in [0.2, 0.25) is 0 Å². The summed E-state index contributed by atoms with van der Waals surface area (Å²) in [5.41, 5.74) is 1.03. The van der Waals surface area contributed by atoms with E-state index in [2.05, 4.69) is 15.6 Å². The molecule has 1 aromatic carbocycles. The lowest BCUT2D eigenvalue weighted by atomic mass is 10.1. The third kappa shape index (κ3) is 4.91. The predicted octanol–water partition coefficient (Wildman–Crippen LogP) is 0.679. The molecule has 1 aromatic heterocycles. The van der Waals surface area contributed by atoms with Gasteiger partial charge in [-0.2, -0.15) is 0 Å². The fourth-order valence-corrected chi connectivity index (χ4v) is 3.56. The molecule has 1 fully saturated rings. The van der Waals surface area contributed by atoms with Crippen molar-refractivity contribution in [3.63, 3.8) is 0 Å². The van der Waals surface area contributed by atoms with E-state index in [9.17, 15) is 19.2 Å². The van der Waals surface area contributed by atoms with Crippen molar-refractivity contribution in [3.8, 4) is 5.75 Å². The topological polar surface area (TPSA) is 121 Å². The van der Waals surface area contributed by atoms with Crippen LogP contribution in [0.3, 0.4) is 0 Å². The van der Waals surface area contributed by atoms with Crippen molar-refractivity contribution in [1.29, 1.82) is 0 Å². The zero-order chi connectivity index (χ0) is 21.7. The van der Waals surface area contributed by atoms with Gasteiger partial charge in [0.05, 0.1) is 26.1 Å². The molecule has 3 amide bonds. The van der Waals surface area contributed by atoms with Gasteiger partial charge in [0.1, 0.15) is 17.3 Å². The summed E-state index contributed by atoms with van der Waals surface area (Å²) < 4.78 is 5.28. The molecule has 1 aliphatic heterocycles. The minimum absolute atomic E-state index is 0.124. The number of nitrogens with one attached hydrogen (secondary N) is 3. The quantitative estimate of drug-likeness (QED) is 0.501. The highest BCUT2D eigenvalue weighted by Crippen LogP contribution is 2.25. The van der Waals surface area contributed by atoms with Crippen molar-refractivity contribution < 1.29 is 23.9 Å². The Morgan fingerprint density at radius 1 is 1.33 bits per heavy atom. The Bertz CT molecular complexity index is 973. The molecule has 1 atom stereocenters. The molecule has 0 saturated carbocycles. The molecular formula is C20H23ClN4O5. The highest BCUT2D eigenvalue weighted by Gasteiger charge is 2.29. The first-order valence-corrected chi connectivity index (χ1v) is 10.0. The van der Waals surface area contributed by atoms with Gasteiger partial charge in [0.2, 0.25) is 11.8 Å². The van der Waals surface area contributed by atoms with E-state index in [0.717, 1.165) is 10.9 Å². The number of H-pyrrole nitrogens is 1. The number of Topliss-reactive ketones (excluding diaryl/α,β-unsaturated/α-hetero) is 1. The number of aromatic amines is 1. The molecule has 0 radical (unpaired) electrons. The van der Waals surface area contributed by atoms with E-state index in [1.807, 2.05) is 6.07 Å². The van der Waals surface area contributed by atoms with Crippen LogP contribution >= 0.6 is 11.6 Å². The number of aromatic nitrogens is 1. The second-order valence-corrected chi connectivity index (χ2v) is 7.28. The molecule has 10 heteroatoms. The number of alkyl halides is 1. The van der Waals surface area contributed by atoms with Gasteiger partial charge in [0, 0.05) is 24.0 Å². The number of amides is 3. The molecule has 3 rings (SSSR count). The lowest BCUT2D eigenvalue weighted by Crippen LogP contribution is -2.44. The van der Waals surface area contributed by atoms with Crippen LogP contribution in [0.25, 0.3) is 10.9 Å². The Kier molecular flexibility index (Phi) is 6.94. The minimum Gasteiger partial charge on any atom is -0.496 e. The fourth-order valence-electron chi connectivity index (χ4n) is 3.39. The second kappa shape index (κ2) is 9.62. The number of ether oxygens (including phenoxy) is 1. The Labute approximate surface area is 178 Å². The van der Waals surface area contributed by atoms with E-state index in [-0.39, 0.29) is 43.1 Å². The van der Waals surface area contributed by atoms with Crippen LogP contribution < -0.4 is 15.4 Å². The summed E-state index contributed by atoms with van der Waals surface area (Å²) in [5, 5.41) is 6.00. The first kappa shape index (κ1) is 21.6. The number of carbonyl (C=O) groups excluding carboxylic acids is 4. The number of carbonyl (C=O) groups is 4. The van der Waals surface area contributed by atoms with E-state index >= 15 is 0 Å². The van der Waals surface area contributed by atoms with Gasteiger partial charge in [0.25, 0.3) is 5.91 Å². The Morgan fingerprint density at radius 2 is 2.13 bits per heavy atom. The van der Waals surface area contributed by atoms with Gasteiger partial charge >= 0.3 is 0 Å². The number of rotatable bonds is 9. The molecule has 160 valence electrons. The van der Waals surface area contributed by atoms with Crippen LogP contribution in [0.4, 0.5) is 0 Å². The molecule has 1 saturated heterocycles. The molecule has 1 aliphatic rings. The van der Waals surface area contributed by atoms with Crippen LogP contribution in [-0.4, -0.2) is 72.6 Å². The Morgan fingerprint density at radius 3 is 2.80 bits per heavy atom. The van der Waals surface area contributed by atoms with Gasteiger partial charge in [-0.05, 0) is 24.6 Å². The molecule has 0 aliphatic carbocycles. The number of nitrogens with zero attached hydrogens (tertiary/aromatic N) is 1. The molecule has 2 aromatic rings. The van der Waals surface area contributed by atoms with E-state index in [0.29, 0.717) is 24.4 Å². The van der Waals surface area contributed by atoms with Crippen LogP contribution in [-0.2, 0) is 14.4 Å². The normalized spacial score (nSPS) is 15.7. The number of hydrogen-bond donors (Lipinski definition) is 3. The van der Waals surface area contributed by atoms with E-state index in [4.69, 9.17) is 16.3 Å². The first-order valence-electron chi connectivity index (χ1n) is 9.50. The molecule has 0 spiro atoms. The maximum Gasteiger partial charge on any atom is 0.268 e. The lowest BCUT2D eigenvalue weighted by Gasteiger charge is -2.23. The van der Waals surface area contributed by atoms with Gasteiger partial charge in [-0.25, -0.2) is 0 Å². The summed E-state index contributed by atoms with van der Waals surface area (Å²) in [6.45, 7) is 0.189. The van der Waals surface area contributed by atoms with Gasteiger partial charge in [-0.1, -0.05) is 6.07 Å². The lowest BCUT2D eigenvalue weighted by molar-refractivity contribution is -0.134. The summed E-state index contributed by atoms with van der Waals surface area (Å²) in [5.74, 6) is -1.41. The van der Waals surface area contributed by atoms with Crippen LogP contribution in [0.1, 0.15) is 16.9 Å². The van der Waals surface area contributed by atoms with Gasteiger partial charge in [-0.15, -0.1) is 11.6 Å². The van der Waals surface area contributed by atoms with E-state index in [1.54, 1.807) is 25.3 Å². The van der Waals surface area contributed by atoms with Gasteiger partial charge in [-0.3, -0.25) is 19.2 Å². The predicted molar refractivity (Wildman–Crippen MR) is 111 cm³/mol. The van der Waals surface area contributed by atoms with E-state index in [1.165, 1.54) is 4.90 Å². The smallest absolute Gasteiger partial charge is 0.268 e. The highest BCUT2D eigenvalue weighted by molar-refractivity contribution is 6.27. The van der Waals surface area contributed by atoms with Gasteiger partial charge in [0.15, 0.2) is 5.78 Å². The van der Waals surface area contributed by atoms with Crippen molar-refractivity contribution in [2.45, 2.75) is 6.42 Å². The van der Waals surface area contributed by atoms with Crippen molar-refractivity contribution in [1.82, 2.24) is 20.5 Å². The third-order valence-electron chi connectivity index (χ3n) is 4.97. The first-order chi connectivity index (χ1) is 14.4. The summed E-state index contributed by atoms with van der Waals surface area (Å²) in [6, 6.07) is 7.05. The van der Waals surface area contributed by atoms with Crippen LogP contribution in [0, 0.1) is 5.92 Å². The van der Waals surface area contributed by atoms with Crippen LogP contribution in [0.15, 0.2) is 24.3 Å².